The average Bonchev–Trinajstić information content (AvgIpc) is 2.46. The van der Waals surface area contributed by atoms with Crippen LogP contribution in [0, 0.1) is 6.92 Å². The Balaban J connectivity index is 2.01. The molecular weight excluding hydrogens is 184 g/mol. The molecule has 0 aliphatic carbocycles. The smallest absolute Gasteiger partial charge is 0.185 e. The first-order valence-corrected chi connectivity index (χ1v) is 5.40. The molecule has 1 fully saturated rings. The fourth-order valence-electron chi connectivity index (χ4n) is 1.51. The van der Waals surface area contributed by atoms with Crippen molar-refractivity contribution in [2.24, 2.45) is 0 Å². The number of hydrogen-bond donors (Lipinski definition) is 1. The molecule has 13 heavy (non-hydrogen) atoms. The number of β-amino-alcohol motifs (C(OH)–C–C–N with tert-alkyl or cyclic N) is 1. The quantitative estimate of drug-likeness (QED) is 0.780. The van der Waals surface area contributed by atoms with Crippen molar-refractivity contribution in [3.05, 3.63) is 11.1 Å². The molecule has 0 saturated carbocycles. The van der Waals surface area contributed by atoms with Gasteiger partial charge >= 0.3 is 0 Å². The second-order valence-electron chi connectivity index (χ2n) is 3.71. The molecule has 1 saturated heterocycles. The summed E-state index contributed by atoms with van der Waals surface area (Å²) in [5, 5.41) is 12.9. The SMILES string of the molecule is CCC1(O)CN(c2nc(C)cs2)C1. The monoisotopic (exact) mass is 198 g/mol. The number of thiazole rings is 1. The van der Waals surface area contributed by atoms with Crippen LogP contribution in [0.3, 0.4) is 0 Å². The molecule has 0 amide bonds. The van der Waals surface area contributed by atoms with E-state index in [4.69, 9.17) is 0 Å². The van der Waals surface area contributed by atoms with Crippen molar-refractivity contribution in [3.8, 4) is 0 Å². The van der Waals surface area contributed by atoms with Crippen molar-refractivity contribution in [1.82, 2.24) is 4.98 Å². The van der Waals surface area contributed by atoms with E-state index in [1.807, 2.05) is 19.2 Å². The maximum absolute atomic E-state index is 9.79. The zero-order valence-electron chi connectivity index (χ0n) is 7.95. The molecule has 2 rings (SSSR count). The molecule has 0 atom stereocenters. The number of aromatic nitrogens is 1. The molecule has 3 nitrogen and oxygen atoms in total. The lowest BCUT2D eigenvalue weighted by molar-refractivity contribution is 0.00850. The van der Waals surface area contributed by atoms with E-state index in [2.05, 4.69) is 9.88 Å². The van der Waals surface area contributed by atoms with E-state index in [1.54, 1.807) is 11.3 Å². The van der Waals surface area contributed by atoms with E-state index < -0.39 is 5.60 Å². The standard InChI is InChI=1S/C9H14N2OS/c1-3-9(12)5-11(6-9)8-10-7(2)4-13-8/h4,12H,3,5-6H2,1-2H3. The van der Waals surface area contributed by atoms with Gasteiger partial charge in [0.25, 0.3) is 0 Å². The second kappa shape index (κ2) is 2.96. The number of nitrogens with zero attached hydrogens (tertiary/aromatic N) is 2. The van der Waals surface area contributed by atoms with Gasteiger partial charge in [-0.05, 0) is 13.3 Å². The van der Waals surface area contributed by atoms with Crippen LogP contribution < -0.4 is 4.90 Å². The van der Waals surface area contributed by atoms with E-state index in [-0.39, 0.29) is 0 Å². The molecule has 72 valence electrons. The molecule has 0 bridgehead atoms. The van der Waals surface area contributed by atoms with Crippen LogP contribution in [0.25, 0.3) is 0 Å². The largest absolute Gasteiger partial charge is 0.386 e. The van der Waals surface area contributed by atoms with E-state index >= 15 is 0 Å². The molecule has 1 N–H and O–H groups in total. The zero-order valence-corrected chi connectivity index (χ0v) is 8.77. The van der Waals surface area contributed by atoms with Gasteiger partial charge in [-0.3, -0.25) is 0 Å². The average molecular weight is 198 g/mol. The first kappa shape index (κ1) is 8.97. The normalized spacial score (nSPS) is 20.1. The second-order valence-corrected chi connectivity index (χ2v) is 4.54. The van der Waals surface area contributed by atoms with E-state index in [0.717, 1.165) is 30.3 Å². The van der Waals surface area contributed by atoms with Crippen LogP contribution in [0.4, 0.5) is 5.13 Å². The highest BCUT2D eigenvalue weighted by Gasteiger charge is 2.40. The third kappa shape index (κ3) is 1.56. The summed E-state index contributed by atoms with van der Waals surface area (Å²) in [6, 6.07) is 0. The minimum atomic E-state index is -0.459. The fourth-order valence-corrected chi connectivity index (χ4v) is 2.31. The molecule has 0 unspecified atom stereocenters. The topological polar surface area (TPSA) is 36.4 Å². The number of hydrogen-bond acceptors (Lipinski definition) is 4. The van der Waals surface area contributed by atoms with Gasteiger partial charge in [0.1, 0.15) is 0 Å². The Kier molecular flexibility index (Phi) is 2.04. The van der Waals surface area contributed by atoms with Crippen LogP contribution in [-0.2, 0) is 0 Å². The molecule has 2 heterocycles. The lowest BCUT2D eigenvalue weighted by Crippen LogP contribution is -2.61. The predicted octanol–water partition coefficient (Wildman–Crippen LogP) is 1.41. The summed E-state index contributed by atoms with van der Waals surface area (Å²) in [6.07, 6.45) is 0.827. The van der Waals surface area contributed by atoms with Gasteiger partial charge in [-0.25, -0.2) is 4.98 Å². The Morgan fingerprint density at radius 1 is 1.69 bits per heavy atom. The van der Waals surface area contributed by atoms with E-state index in [9.17, 15) is 5.11 Å². The third-order valence-corrected chi connectivity index (χ3v) is 3.53. The minimum Gasteiger partial charge on any atom is -0.386 e. The molecule has 1 aromatic heterocycles. The van der Waals surface area contributed by atoms with Gasteiger partial charge in [0.15, 0.2) is 5.13 Å². The third-order valence-electron chi connectivity index (χ3n) is 2.51. The van der Waals surface area contributed by atoms with E-state index in [0.29, 0.717) is 0 Å². The molecule has 0 spiro atoms. The lowest BCUT2D eigenvalue weighted by atomic mass is 9.92. The number of rotatable bonds is 2. The molecule has 4 heteroatoms. The minimum absolute atomic E-state index is 0.459. The van der Waals surface area contributed by atoms with Crippen LogP contribution >= 0.6 is 11.3 Å². The summed E-state index contributed by atoms with van der Waals surface area (Å²) in [5.74, 6) is 0. The van der Waals surface area contributed by atoms with Gasteiger partial charge < -0.3 is 10.0 Å². The molecule has 1 aliphatic rings. The molecule has 0 aromatic carbocycles. The Bertz CT molecular complexity index is 304. The lowest BCUT2D eigenvalue weighted by Gasteiger charge is -2.46. The maximum atomic E-state index is 9.79. The number of aliphatic hydroxyl groups is 1. The Morgan fingerprint density at radius 3 is 2.85 bits per heavy atom. The highest BCUT2D eigenvalue weighted by molar-refractivity contribution is 7.13. The molecule has 1 aromatic rings. The van der Waals surface area contributed by atoms with Crippen molar-refractivity contribution in [1.29, 1.82) is 0 Å². The maximum Gasteiger partial charge on any atom is 0.185 e. The van der Waals surface area contributed by atoms with Crippen LogP contribution in [-0.4, -0.2) is 28.8 Å². The van der Waals surface area contributed by atoms with Crippen molar-refractivity contribution < 1.29 is 5.11 Å². The van der Waals surface area contributed by atoms with Crippen LogP contribution in [0.1, 0.15) is 19.0 Å². The molecule has 1 aliphatic heterocycles. The number of anilines is 1. The van der Waals surface area contributed by atoms with Crippen molar-refractivity contribution in [2.45, 2.75) is 25.9 Å². The molecular formula is C9H14N2OS. The summed E-state index contributed by atoms with van der Waals surface area (Å²) < 4.78 is 0. The van der Waals surface area contributed by atoms with Gasteiger partial charge in [0.05, 0.1) is 24.4 Å². The Hall–Kier alpha value is -0.610. The Morgan fingerprint density at radius 2 is 2.38 bits per heavy atom. The predicted molar refractivity (Wildman–Crippen MR) is 54.3 cm³/mol. The summed E-state index contributed by atoms with van der Waals surface area (Å²) >= 11 is 1.65. The van der Waals surface area contributed by atoms with Crippen molar-refractivity contribution in [2.75, 3.05) is 18.0 Å². The molecule has 0 radical (unpaired) electrons. The highest BCUT2D eigenvalue weighted by Crippen LogP contribution is 2.31. The van der Waals surface area contributed by atoms with Gasteiger partial charge in [-0.15, -0.1) is 11.3 Å². The van der Waals surface area contributed by atoms with Gasteiger partial charge in [0.2, 0.25) is 0 Å². The summed E-state index contributed by atoms with van der Waals surface area (Å²) in [7, 11) is 0. The summed E-state index contributed by atoms with van der Waals surface area (Å²) in [6.45, 7) is 5.48. The summed E-state index contributed by atoms with van der Waals surface area (Å²) in [5.41, 5.74) is 0.603. The van der Waals surface area contributed by atoms with Gasteiger partial charge in [0, 0.05) is 5.38 Å². The highest BCUT2D eigenvalue weighted by atomic mass is 32.1. The Labute approximate surface area is 82.0 Å². The number of aryl methyl sites for hydroxylation is 1. The van der Waals surface area contributed by atoms with Gasteiger partial charge in [-0.1, -0.05) is 6.92 Å². The van der Waals surface area contributed by atoms with E-state index in [1.165, 1.54) is 0 Å². The first-order valence-electron chi connectivity index (χ1n) is 4.52. The summed E-state index contributed by atoms with van der Waals surface area (Å²) in [4.78, 5) is 6.49. The van der Waals surface area contributed by atoms with Crippen LogP contribution in [0.5, 0.6) is 0 Å². The first-order chi connectivity index (χ1) is 6.13. The van der Waals surface area contributed by atoms with Crippen LogP contribution in [0.15, 0.2) is 5.38 Å². The van der Waals surface area contributed by atoms with Gasteiger partial charge in [-0.2, -0.15) is 0 Å². The zero-order chi connectivity index (χ0) is 9.47. The fraction of sp³-hybridized carbons (Fsp3) is 0.667. The van der Waals surface area contributed by atoms with Crippen molar-refractivity contribution >= 4 is 16.5 Å². The van der Waals surface area contributed by atoms with Crippen molar-refractivity contribution in [3.63, 3.8) is 0 Å². The van der Waals surface area contributed by atoms with Crippen LogP contribution in [0.2, 0.25) is 0 Å².